The largest absolute Gasteiger partial charge is 0.346 e. The Hall–Kier alpha value is -2.74. The van der Waals surface area contributed by atoms with Crippen LogP contribution in [0.3, 0.4) is 0 Å². The van der Waals surface area contributed by atoms with Gasteiger partial charge in [0.15, 0.2) is 5.69 Å². The molecular weight excluding hydrogens is 368 g/mol. The summed E-state index contributed by atoms with van der Waals surface area (Å²) in [5.74, 6) is -0.0205. The average Bonchev–Trinajstić information content (AvgIpc) is 3.41. The summed E-state index contributed by atoms with van der Waals surface area (Å²) in [5, 5.41) is 14.9. The summed E-state index contributed by atoms with van der Waals surface area (Å²) in [7, 11) is 0. The minimum Gasteiger partial charge on any atom is -0.346 e. The second-order valence-electron chi connectivity index (χ2n) is 8.38. The van der Waals surface area contributed by atoms with E-state index < -0.39 is 0 Å². The zero-order valence-electron chi connectivity index (χ0n) is 16.4. The standard InChI is InChI=1S/C21H26N6O2/c28-19-12-15-4-1-2-6-17(15)21(23-19)7-10-26(11-8-21)20(29)18-14-27(25-24-18)13-16-5-3-9-22-16/h1-2,4,6,14,16,22H,3,5,7-13H2,(H,23,28)/t16-/m0/s1. The van der Waals surface area contributed by atoms with Crippen molar-refractivity contribution in [3.05, 3.63) is 47.3 Å². The summed E-state index contributed by atoms with van der Waals surface area (Å²) in [6.45, 7) is 2.96. The molecule has 2 aromatic rings. The molecule has 3 aliphatic rings. The highest BCUT2D eigenvalue weighted by Crippen LogP contribution is 2.38. The van der Waals surface area contributed by atoms with Gasteiger partial charge in [-0.2, -0.15) is 0 Å². The molecular formula is C21H26N6O2. The lowest BCUT2D eigenvalue weighted by Crippen LogP contribution is -2.56. The number of carbonyl (C=O) groups excluding carboxylic acids is 2. The van der Waals surface area contributed by atoms with E-state index in [2.05, 4.69) is 27.0 Å². The monoisotopic (exact) mass is 394 g/mol. The highest BCUT2D eigenvalue weighted by atomic mass is 16.2. The fourth-order valence-corrected chi connectivity index (χ4v) is 4.96. The van der Waals surface area contributed by atoms with Crippen molar-refractivity contribution in [3.8, 4) is 0 Å². The molecule has 4 heterocycles. The van der Waals surface area contributed by atoms with Gasteiger partial charge in [-0.3, -0.25) is 14.3 Å². The van der Waals surface area contributed by atoms with Gasteiger partial charge in [0.25, 0.3) is 5.91 Å². The Bertz CT molecular complexity index is 925. The van der Waals surface area contributed by atoms with Gasteiger partial charge >= 0.3 is 0 Å². The molecule has 1 spiro atoms. The Morgan fingerprint density at radius 2 is 2.07 bits per heavy atom. The molecule has 8 nitrogen and oxygen atoms in total. The van der Waals surface area contributed by atoms with E-state index in [-0.39, 0.29) is 17.4 Å². The maximum Gasteiger partial charge on any atom is 0.276 e. The number of carbonyl (C=O) groups is 2. The van der Waals surface area contributed by atoms with E-state index >= 15 is 0 Å². The molecule has 2 fully saturated rings. The zero-order chi connectivity index (χ0) is 19.8. The zero-order valence-corrected chi connectivity index (χ0v) is 16.4. The summed E-state index contributed by atoms with van der Waals surface area (Å²) >= 11 is 0. The van der Waals surface area contributed by atoms with Gasteiger partial charge in [0.2, 0.25) is 5.91 Å². The van der Waals surface area contributed by atoms with Crippen molar-refractivity contribution in [1.82, 2.24) is 30.5 Å². The lowest BCUT2D eigenvalue weighted by Gasteiger charge is -2.45. The third kappa shape index (κ3) is 3.42. The molecule has 152 valence electrons. The summed E-state index contributed by atoms with van der Waals surface area (Å²) in [4.78, 5) is 27.0. The molecule has 0 unspecified atom stereocenters. The number of benzene rings is 1. The molecule has 2 amide bonds. The molecule has 1 aromatic heterocycles. The molecule has 1 aromatic carbocycles. The fraction of sp³-hybridized carbons (Fsp3) is 0.524. The number of piperidine rings is 1. The van der Waals surface area contributed by atoms with E-state index in [9.17, 15) is 9.59 Å². The molecule has 0 bridgehead atoms. The molecule has 2 N–H and O–H groups in total. The quantitative estimate of drug-likeness (QED) is 0.805. The van der Waals surface area contributed by atoms with Crippen molar-refractivity contribution >= 4 is 11.8 Å². The van der Waals surface area contributed by atoms with Crippen molar-refractivity contribution in [2.75, 3.05) is 19.6 Å². The van der Waals surface area contributed by atoms with E-state index in [1.54, 1.807) is 10.9 Å². The Labute approximate surface area is 169 Å². The minimum atomic E-state index is -0.367. The van der Waals surface area contributed by atoms with E-state index in [0.29, 0.717) is 44.1 Å². The summed E-state index contributed by atoms with van der Waals surface area (Å²) in [5.41, 5.74) is 2.32. The van der Waals surface area contributed by atoms with Gasteiger partial charge in [-0.15, -0.1) is 5.10 Å². The molecule has 0 radical (unpaired) electrons. The predicted molar refractivity (Wildman–Crippen MR) is 106 cm³/mol. The Morgan fingerprint density at radius 1 is 1.24 bits per heavy atom. The Morgan fingerprint density at radius 3 is 2.86 bits per heavy atom. The molecule has 29 heavy (non-hydrogen) atoms. The number of nitrogens with zero attached hydrogens (tertiary/aromatic N) is 4. The first kappa shape index (κ1) is 18.3. The number of fused-ring (bicyclic) bond motifs is 2. The van der Waals surface area contributed by atoms with Crippen LogP contribution in [0, 0.1) is 0 Å². The highest BCUT2D eigenvalue weighted by Gasteiger charge is 2.42. The van der Waals surface area contributed by atoms with Crippen molar-refractivity contribution in [1.29, 1.82) is 0 Å². The van der Waals surface area contributed by atoms with Gasteiger partial charge in [-0.05, 0) is 43.4 Å². The van der Waals surface area contributed by atoms with Gasteiger partial charge in [0.1, 0.15) is 0 Å². The van der Waals surface area contributed by atoms with Gasteiger partial charge in [0, 0.05) is 19.1 Å². The van der Waals surface area contributed by atoms with Crippen molar-refractivity contribution in [2.24, 2.45) is 0 Å². The van der Waals surface area contributed by atoms with Gasteiger partial charge in [0.05, 0.1) is 24.7 Å². The number of hydrogen-bond acceptors (Lipinski definition) is 5. The van der Waals surface area contributed by atoms with Crippen molar-refractivity contribution in [2.45, 2.75) is 50.2 Å². The van der Waals surface area contributed by atoms with Crippen LogP contribution in [-0.4, -0.2) is 57.4 Å². The van der Waals surface area contributed by atoms with Crippen LogP contribution in [0.5, 0.6) is 0 Å². The third-order valence-corrected chi connectivity index (χ3v) is 6.49. The molecule has 2 saturated heterocycles. The molecule has 3 aliphatic heterocycles. The van der Waals surface area contributed by atoms with Crippen molar-refractivity contribution in [3.63, 3.8) is 0 Å². The van der Waals surface area contributed by atoms with Crippen LogP contribution < -0.4 is 10.6 Å². The van der Waals surface area contributed by atoms with E-state index in [1.807, 2.05) is 23.1 Å². The molecule has 0 saturated carbocycles. The Balaban J connectivity index is 1.27. The maximum atomic E-state index is 12.9. The number of amides is 2. The average molecular weight is 394 g/mol. The topological polar surface area (TPSA) is 92.2 Å². The number of hydrogen-bond donors (Lipinski definition) is 2. The smallest absolute Gasteiger partial charge is 0.276 e. The van der Waals surface area contributed by atoms with Crippen LogP contribution >= 0.6 is 0 Å². The van der Waals surface area contributed by atoms with Crippen LogP contribution in [0.15, 0.2) is 30.5 Å². The normalized spacial score (nSPS) is 23.1. The van der Waals surface area contributed by atoms with Crippen LogP contribution in [0.25, 0.3) is 0 Å². The summed E-state index contributed by atoms with van der Waals surface area (Å²) in [6.07, 6.45) is 5.91. The molecule has 5 rings (SSSR count). The third-order valence-electron chi connectivity index (χ3n) is 6.49. The second-order valence-corrected chi connectivity index (χ2v) is 8.38. The number of likely N-dealkylation sites (tertiary alicyclic amines) is 1. The minimum absolute atomic E-state index is 0.0620. The predicted octanol–water partition coefficient (Wildman–Crippen LogP) is 0.834. The van der Waals surface area contributed by atoms with Crippen LogP contribution in [0.4, 0.5) is 0 Å². The van der Waals surface area contributed by atoms with Crippen LogP contribution in [-0.2, 0) is 23.3 Å². The molecule has 0 aliphatic carbocycles. The van der Waals surface area contributed by atoms with Crippen LogP contribution in [0.2, 0.25) is 0 Å². The van der Waals surface area contributed by atoms with E-state index in [4.69, 9.17) is 0 Å². The lowest BCUT2D eigenvalue weighted by molar-refractivity contribution is -0.124. The second kappa shape index (κ2) is 7.26. The Kier molecular flexibility index (Phi) is 4.58. The highest BCUT2D eigenvalue weighted by molar-refractivity contribution is 5.92. The van der Waals surface area contributed by atoms with Crippen LogP contribution in [0.1, 0.15) is 47.3 Å². The lowest BCUT2D eigenvalue weighted by atomic mass is 9.75. The van der Waals surface area contributed by atoms with Gasteiger partial charge < -0.3 is 15.5 Å². The summed E-state index contributed by atoms with van der Waals surface area (Å²) in [6, 6.07) is 8.55. The molecule has 8 heteroatoms. The SMILES string of the molecule is O=C1Cc2ccccc2C2(CCN(C(=O)c3cn(C[C@@H]4CCCN4)nn3)CC2)N1. The first-order valence-electron chi connectivity index (χ1n) is 10.5. The number of aromatic nitrogens is 3. The number of nitrogens with one attached hydrogen (secondary N) is 2. The maximum absolute atomic E-state index is 12.9. The van der Waals surface area contributed by atoms with Gasteiger partial charge in [-0.1, -0.05) is 29.5 Å². The van der Waals surface area contributed by atoms with E-state index in [0.717, 1.165) is 25.1 Å². The van der Waals surface area contributed by atoms with Crippen molar-refractivity contribution < 1.29 is 9.59 Å². The first-order valence-corrected chi connectivity index (χ1v) is 10.5. The summed E-state index contributed by atoms with van der Waals surface area (Å²) < 4.78 is 1.76. The van der Waals surface area contributed by atoms with Gasteiger partial charge in [-0.25, -0.2) is 0 Å². The van der Waals surface area contributed by atoms with E-state index in [1.165, 1.54) is 12.0 Å². The number of rotatable bonds is 3. The first-order chi connectivity index (χ1) is 14.1. The molecule has 1 atom stereocenters. The fourth-order valence-electron chi connectivity index (χ4n) is 4.96.